The van der Waals surface area contributed by atoms with E-state index in [0.717, 1.165) is 6.42 Å². The van der Waals surface area contributed by atoms with Crippen molar-refractivity contribution in [3.63, 3.8) is 0 Å². The molecule has 0 aliphatic heterocycles. The van der Waals surface area contributed by atoms with Gasteiger partial charge in [-0.05, 0) is 26.0 Å². The molecule has 0 fully saturated rings. The van der Waals surface area contributed by atoms with Crippen molar-refractivity contribution in [3.8, 4) is 5.75 Å². The predicted octanol–water partition coefficient (Wildman–Crippen LogP) is 2.18. The van der Waals surface area contributed by atoms with Gasteiger partial charge in [0, 0.05) is 20.1 Å². The fourth-order valence-electron chi connectivity index (χ4n) is 1.40. The minimum Gasteiger partial charge on any atom is -0.493 e. The molecule has 3 N–H and O–H groups in total. The number of carbonyl (C=O) groups excluding carboxylic acids is 1. The van der Waals surface area contributed by atoms with Gasteiger partial charge in [-0.1, -0.05) is 0 Å². The van der Waals surface area contributed by atoms with Crippen LogP contribution < -0.4 is 10.5 Å². The number of nitrogens with zero attached hydrogens (tertiary/aromatic N) is 1. The molecule has 0 saturated heterocycles. The molecular weight excluding hydrogens is 318 g/mol. The first kappa shape index (κ1) is 21.3. The van der Waals surface area contributed by atoms with Gasteiger partial charge >= 0.3 is 5.97 Å². The molecule has 1 aromatic carbocycles. The second-order valence-corrected chi connectivity index (χ2v) is 4.52. The van der Waals surface area contributed by atoms with Crippen molar-refractivity contribution < 1.29 is 23.9 Å². The van der Waals surface area contributed by atoms with Gasteiger partial charge in [-0.25, -0.2) is 4.79 Å². The quantitative estimate of drug-likeness (QED) is 0.184. The molecule has 0 aliphatic carbocycles. The van der Waals surface area contributed by atoms with E-state index in [9.17, 15) is 14.9 Å². The number of rotatable bonds is 8. The number of hydrogen-bond acceptors (Lipinski definition) is 8. The summed E-state index contributed by atoms with van der Waals surface area (Å²) in [7, 11) is 1.61. The highest BCUT2D eigenvalue weighted by molar-refractivity contribution is 6.33. The van der Waals surface area contributed by atoms with E-state index in [1.165, 1.54) is 19.1 Å². The molecule has 0 radical (unpaired) electrons. The first-order valence-electron chi connectivity index (χ1n) is 7.21. The molecule has 0 spiro atoms. The van der Waals surface area contributed by atoms with Gasteiger partial charge in [-0.15, -0.1) is 0 Å². The Bertz CT molecular complexity index is 562. The van der Waals surface area contributed by atoms with E-state index in [-0.39, 0.29) is 17.1 Å². The number of anilines is 1. The van der Waals surface area contributed by atoms with E-state index >= 15 is 0 Å². The first-order valence-corrected chi connectivity index (χ1v) is 7.21. The Kier molecular flexibility index (Phi) is 10.5. The molecule has 0 atom stereocenters. The van der Waals surface area contributed by atoms with Crippen LogP contribution in [0.5, 0.6) is 5.75 Å². The topological polar surface area (TPSA) is 138 Å². The van der Waals surface area contributed by atoms with Crippen LogP contribution in [0.4, 0.5) is 11.4 Å². The molecule has 0 unspecified atom stereocenters. The summed E-state index contributed by atoms with van der Waals surface area (Å²) in [6.07, 6.45) is 0.731. The van der Waals surface area contributed by atoms with Crippen LogP contribution in [0.1, 0.15) is 20.3 Å². The van der Waals surface area contributed by atoms with Crippen LogP contribution in [0.15, 0.2) is 18.2 Å². The van der Waals surface area contributed by atoms with Crippen molar-refractivity contribution in [2.45, 2.75) is 20.3 Å². The Morgan fingerprint density at radius 2 is 2.04 bits per heavy atom. The summed E-state index contributed by atoms with van der Waals surface area (Å²) in [5.74, 6) is -0.0931. The molecule has 9 nitrogen and oxygen atoms in total. The van der Waals surface area contributed by atoms with Crippen LogP contribution in [0.3, 0.4) is 0 Å². The molecule has 0 saturated carbocycles. The molecule has 1 rings (SSSR count). The fraction of sp³-hybridized carbons (Fsp3) is 0.467. The van der Waals surface area contributed by atoms with Crippen LogP contribution in [0, 0.1) is 15.5 Å². The monoisotopic (exact) mass is 341 g/mol. The lowest BCUT2D eigenvalue weighted by Crippen LogP contribution is -2.12. The highest BCUT2D eigenvalue weighted by Crippen LogP contribution is 2.26. The second-order valence-electron chi connectivity index (χ2n) is 4.52. The van der Waals surface area contributed by atoms with Crippen molar-refractivity contribution in [2.24, 2.45) is 0 Å². The minimum absolute atomic E-state index is 0.0492. The molecule has 0 aromatic heterocycles. The molecule has 0 amide bonds. The molecule has 24 heavy (non-hydrogen) atoms. The van der Waals surface area contributed by atoms with Crippen molar-refractivity contribution >= 4 is 23.1 Å². The van der Waals surface area contributed by atoms with Crippen LogP contribution in [-0.4, -0.2) is 43.5 Å². The molecule has 0 bridgehead atoms. The van der Waals surface area contributed by atoms with Crippen LogP contribution in [0.25, 0.3) is 0 Å². The summed E-state index contributed by atoms with van der Waals surface area (Å²) in [6.45, 7) is 4.50. The minimum atomic E-state index is -0.535. The Labute approximate surface area is 140 Å². The zero-order chi connectivity index (χ0) is 18.5. The van der Waals surface area contributed by atoms with Gasteiger partial charge in [-0.3, -0.25) is 15.5 Å². The molecule has 0 heterocycles. The average molecular weight is 341 g/mol. The van der Waals surface area contributed by atoms with Gasteiger partial charge in [0.05, 0.1) is 24.2 Å². The molecular formula is C15H23N3O6. The van der Waals surface area contributed by atoms with Gasteiger partial charge in [0.15, 0.2) is 0 Å². The van der Waals surface area contributed by atoms with E-state index in [2.05, 4.69) is 4.74 Å². The van der Waals surface area contributed by atoms with Gasteiger partial charge in [0.25, 0.3) is 5.69 Å². The maximum absolute atomic E-state index is 10.6. The van der Waals surface area contributed by atoms with Gasteiger partial charge in [0.1, 0.15) is 17.1 Å². The number of nitro benzene ring substituents is 1. The SMILES string of the molecule is CCOC(=O)C(C)=N.COCCCOc1ccc(N)c([N+](=O)[O-])c1. The Balaban J connectivity index is 0.000000561. The standard InChI is InChI=1S/C10H14N2O4.C5H9NO2/c1-15-5-2-6-16-8-3-4-9(11)10(7-8)12(13)14;1-3-8-5(7)4(2)6/h3-4,7H,2,5-6,11H2,1H3;6H,3H2,1-2H3. The maximum Gasteiger partial charge on any atom is 0.351 e. The Morgan fingerprint density at radius 3 is 2.50 bits per heavy atom. The third kappa shape index (κ3) is 8.69. The third-order valence-electron chi connectivity index (χ3n) is 2.54. The first-order chi connectivity index (χ1) is 11.3. The van der Waals surface area contributed by atoms with Gasteiger partial charge in [0.2, 0.25) is 0 Å². The molecule has 134 valence electrons. The van der Waals surface area contributed by atoms with Crippen LogP contribution in [-0.2, 0) is 14.3 Å². The summed E-state index contributed by atoms with van der Waals surface area (Å²) in [5, 5.41) is 17.3. The lowest BCUT2D eigenvalue weighted by Gasteiger charge is -2.06. The smallest absolute Gasteiger partial charge is 0.351 e. The summed E-state index contributed by atoms with van der Waals surface area (Å²) in [6, 6.07) is 4.39. The summed E-state index contributed by atoms with van der Waals surface area (Å²) in [5.41, 5.74) is 5.40. The predicted molar refractivity (Wildman–Crippen MR) is 89.5 cm³/mol. The third-order valence-corrected chi connectivity index (χ3v) is 2.54. The normalized spacial score (nSPS) is 9.46. The number of nitrogens with one attached hydrogen (secondary N) is 1. The van der Waals surface area contributed by atoms with E-state index in [1.54, 1.807) is 20.1 Å². The largest absolute Gasteiger partial charge is 0.493 e. The number of nitro groups is 1. The second kappa shape index (κ2) is 11.8. The highest BCUT2D eigenvalue weighted by Gasteiger charge is 2.12. The molecule has 9 heteroatoms. The van der Waals surface area contributed by atoms with E-state index < -0.39 is 10.9 Å². The van der Waals surface area contributed by atoms with Crippen molar-refractivity contribution in [2.75, 3.05) is 32.7 Å². The summed E-state index contributed by atoms with van der Waals surface area (Å²) in [4.78, 5) is 20.4. The number of esters is 1. The number of benzene rings is 1. The Morgan fingerprint density at radius 1 is 1.38 bits per heavy atom. The fourth-order valence-corrected chi connectivity index (χ4v) is 1.40. The highest BCUT2D eigenvalue weighted by atomic mass is 16.6. The van der Waals surface area contributed by atoms with Crippen molar-refractivity contribution in [3.05, 3.63) is 28.3 Å². The lowest BCUT2D eigenvalue weighted by atomic mass is 10.2. The summed E-state index contributed by atoms with van der Waals surface area (Å²) < 4.78 is 14.6. The van der Waals surface area contributed by atoms with Crippen molar-refractivity contribution in [1.82, 2.24) is 0 Å². The molecule has 0 aliphatic rings. The lowest BCUT2D eigenvalue weighted by molar-refractivity contribution is -0.384. The zero-order valence-corrected chi connectivity index (χ0v) is 14.0. The summed E-state index contributed by atoms with van der Waals surface area (Å²) >= 11 is 0. The van der Waals surface area contributed by atoms with Crippen LogP contribution in [0.2, 0.25) is 0 Å². The number of carbonyl (C=O) groups is 1. The number of ether oxygens (including phenoxy) is 3. The number of hydrogen-bond donors (Lipinski definition) is 2. The Hall–Kier alpha value is -2.68. The van der Waals surface area contributed by atoms with E-state index in [4.69, 9.17) is 20.6 Å². The number of methoxy groups -OCH3 is 1. The van der Waals surface area contributed by atoms with E-state index in [0.29, 0.717) is 25.6 Å². The van der Waals surface area contributed by atoms with E-state index in [1.807, 2.05) is 0 Å². The average Bonchev–Trinajstić information content (AvgIpc) is 2.53. The number of nitrogen functional groups attached to an aromatic ring is 1. The van der Waals surface area contributed by atoms with Crippen molar-refractivity contribution in [1.29, 1.82) is 5.41 Å². The van der Waals surface area contributed by atoms with Gasteiger partial charge in [-0.2, -0.15) is 0 Å². The molecule has 1 aromatic rings. The maximum atomic E-state index is 10.6. The van der Waals surface area contributed by atoms with Gasteiger partial charge < -0.3 is 19.9 Å². The number of nitrogens with two attached hydrogens (primary N) is 1. The van der Waals surface area contributed by atoms with Crippen LogP contribution >= 0.6 is 0 Å². The zero-order valence-electron chi connectivity index (χ0n) is 14.0.